The first-order valence-corrected chi connectivity index (χ1v) is 7.14. The molecule has 0 aliphatic heterocycles. The highest BCUT2D eigenvalue weighted by atomic mass is 35.5. The summed E-state index contributed by atoms with van der Waals surface area (Å²) in [5.74, 6) is -0.356. The molecular formula is C18H15ClFN. The second-order valence-electron chi connectivity index (χ2n) is 5.16. The topological polar surface area (TPSA) is 26.0 Å². The van der Waals surface area contributed by atoms with E-state index in [1.54, 1.807) is 6.07 Å². The molecule has 0 saturated heterocycles. The van der Waals surface area contributed by atoms with Gasteiger partial charge in [-0.3, -0.25) is 0 Å². The SMILES string of the molecule is Cc1ccc2ccccc2c1C(N)c1ccc(F)cc1Cl. The van der Waals surface area contributed by atoms with Gasteiger partial charge in [0.2, 0.25) is 0 Å². The lowest BCUT2D eigenvalue weighted by molar-refractivity contribution is 0.626. The minimum absolute atomic E-state index is 0.356. The molecule has 0 aromatic heterocycles. The maximum Gasteiger partial charge on any atom is 0.124 e. The van der Waals surface area contributed by atoms with Gasteiger partial charge in [0.1, 0.15) is 5.82 Å². The molecule has 0 saturated carbocycles. The highest BCUT2D eigenvalue weighted by molar-refractivity contribution is 6.31. The van der Waals surface area contributed by atoms with Crippen LogP contribution in [0.3, 0.4) is 0 Å². The van der Waals surface area contributed by atoms with E-state index >= 15 is 0 Å². The van der Waals surface area contributed by atoms with Crippen molar-refractivity contribution >= 4 is 22.4 Å². The molecule has 1 nitrogen and oxygen atoms in total. The van der Waals surface area contributed by atoms with Gasteiger partial charge in [0, 0.05) is 5.02 Å². The number of fused-ring (bicyclic) bond motifs is 1. The highest BCUT2D eigenvalue weighted by Gasteiger charge is 2.17. The molecule has 2 N–H and O–H groups in total. The van der Waals surface area contributed by atoms with Crippen LogP contribution in [0.4, 0.5) is 4.39 Å². The number of nitrogens with two attached hydrogens (primary N) is 1. The number of rotatable bonds is 2. The van der Waals surface area contributed by atoms with Crippen molar-refractivity contribution in [3.63, 3.8) is 0 Å². The van der Waals surface area contributed by atoms with Crippen LogP contribution < -0.4 is 5.73 Å². The van der Waals surface area contributed by atoms with E-state index in [1.165, 1.54) is 12.1 Å². The maximum atomic E-state index is 13.2. The van der Waals surface area contributed by atoms with Gasteiger partial charge in [0.15, 0.2) is 0 Å². The van der Waals surface area contributed by atoms with Crippen LogP contribution in [-0.4, -0.2) is 0 Å². The lowest BCUT2D eigenvalue weighted by Crippen LogP contribution is -2.14. The van der Waals surface area contributed by atoms with E-state index in [1.807, 2.05) is 19.1 Å². The Bertz CT molecular complexity index is 813. The minimum atomic E-state index is -0.385. The quantitative estimate of drug-likeness (QED) is 0.709. The monoisotopic (exact) mass is 299 g/mol. The standard InChI is InChI=1S/C18H15ClFN/c1-11-6-7-12-4-2-3-5-14(12)17(11)18(21)15-9-8-13(20)10-16(15)19/h2-10,18H,21H2,1H3. The zero-order chi connectivity index (χ0) is 15.0. The van der Waals surface area contributed by atoms with Crippen LogP contribution in [-0.2, 0) is 0 Å². The molecule has 0 radical (unpaired) electrons. The van der Waals surface area contributed by atoms with Crippen LogP contribution in [0, 0.1) is 12.7 Å². The Balaban J connectivity index is 2.21. The molecule has 0 heterocycles. The summed E-state index contributed by atoms with van der Waals surface area (Å²) in [6.45, 7) is 2.03. The summed E-state index contributed by atoms with van der Waals surface area (Å²) in [4.78, 5) is 0. The lowest BCUT2D eigenvalue weighted by Gasteiger charge is -2.19. The molecule has 0 aliphatic rings. The fourth-order valence-corrected chi connectivity index (χ4v) is 3.01. The van der Waals surface area contributed by atoms with Crippen molar-refractivity contribution in [2.45, 2.75) is 13.0 Å². The third kappa shape index (κ3) is 2.53. The van der Waals surface area contributed by atoms with E-state index in [0.29, 0.717) is 5.02 Å². The van der Waals surface area contributed by atoms with Crippen LogP contribution in [0.5, 0.6) is 0 Å². The lowest BCUT2D eigenvalue weighted by atomic mass is 9.91. The van der Waals surface area contributed by atoms with Crippen molar-refractivity contribution in [1.29, 1.82) is 0 Å². The summed E-state index contributed by atoms with van der Waals surface area (Å²) in [7, 11) is 0. The van der Waals surface area contributed by atoms with E-state index in [-0.39, 0.29) is 11.9 Å². The van der Waals surface area contributed by atoms with Crippen LogP contribution in [0.1, 0.15) is 22.7 Å². The number of aryl methyl sites for hydroxylation is 1. The van der Waals surface area contributed by atoms with E-state index in [0.717, 1.165) is 27.5 Å². The van der Waals surface area contributed by atoms with E-state index in [9.17, 15) is 4.39 Å². The van der Waals surface area contributed by atoms with Gasteiger partial charge >= 0.3 is 0 Å². The van der Waals surface area contributed by atoms with Gasteiger partial charge in [-0.25, -0.2) is 4.39 Å². The fourth-order valence-electron chi connectivity index (χ4n) is 2.73. The molecular weight excluding hydrogens is 285 g/mol. The first-order chi connectivity index (χ1) is 10.1. The average molecular weight is 300 g/mol. The molecule has 3 rings (SSSR count). The average Bonchev–Trinajstić information content (AvgIpc) is 2.46. The Morgan fingerprint density at radius 1 is 1.05 bits per heavy atom. The van der Waals surface area contributed by atoms with Crippen molar-refractivity contribution in [2.75, 3.05) is 0 Å². The first kappa shape index (κ1) is 14.1. The van der Waals surface area contributed by atoms with E-state index < -0.39 is 0 Å². The molecule has 3 aromatic rings. The van der Waals surface area contributed by atoms with Crippen LogP contribution in [0.15, 0.2) is 54.6 Å². The summed E-state index contributed by atoms with van der Waals surface area (Å²) in [6.07, 6.45) is 0. The first-order valence-electron chi connectivity index (χ1n) is 6.76. The molecule has 1 unspecified atom stereocenters. The smallest absolute Gasteiger partial charge is 0.124 e. The van der Waals surface area contributed by atoms with Gasteiger partial charge in [-0.15, -0.1) is 0 Å². The molecule has 0 amide bonds. The predicted molar refractivity (Wildman–Crippen MR) is 86.1 cm³/mol. The predicted octanol–water partition coefficient (Wildman–Crippen LogP) is 4.99. The Kier molecular flexibility index (Phi) is 3.66. The van der Waals surface area contributed by atoms with Crippen molar-refractivity contribution in [3.05, 3.63) is 82.1 Å². The summed E-state index contributed by atoms with van der Waals surface area (Å²) < 4.78 is 13.2. The van der Waals surface area contributed by atoms with Crippen molar-refractivity contribution in [1.82, 2.24) is 0 Å². The largest absolute Gasteiger partial charge is 0.320 e. The number of hydrogen-bond acceptors (Lipinski definition) is 1. The molecule has 0 aliphatic carbocycles. The summed E-state index contributed by atoms with van der Waals surface area (Å²) in [6, 6.07) is 16.2. The highest BCUT2D eigenvalue weighted by Crippen LogP contribution is 2.33. The molecule has 1 atom stereocenters. The molecule has 0 spiro atoms. The zero-order valence-electron chi connectivity index (χ0n) is 11.6. The fraction of sp³-hybridized carbons (Fsp3) is 0.111. The molecule has 3 aromatic carbocycles. The second kappa shape index (κ2) is 5.47. The molecule has 106 valence electrons. The zero-order valence-corrected chi connectivity index (χ0v) is 12.4. The Hall–Kier alpha value is -1.90. The van der Waals surface area contributed by atoms with Crippen molar-refractivity contribution in [2.24, 2.45) is 5.73 Å². The van der Waals surface area contributed by atoms with Crippen LogP contribution >= 0.6 is 11.6 Å². The number of halogens is 2. The van der Waals surface area contributed by atoms with Crippen LogP contribution in [0.25, 0.3) is 10.8 Å². The molecule has 21 heavy (non-hydrogen) atoms. The molecule has 3 heteroatoms. The third-order valence-electron chi connectivity index (χ3n) is 3.80. The number of benzene rings is 3. The van der Waals surface area contributed by atoms with Crippen molar-refractivity contribution in [3.8, 4) is 0 Å². The minimum Gasteiger partial charge on any atom is -0.320 e. The Morgan fingerprint density at radius 3 is 2.57 bits per heavy atom. The number of hydrogen-bond donors (Lipinski definition) is 1. The van der Waals surface area contributed by atoms with Gasteiger partial charge in [-0.2, -0.15) is 0 Å². The van der Waals surface area contributed by atoms with Gasteiger partial charge in [0.05, 0.1) is 6.04 Å². The second-order valence-corrected chi connectivity index (χ2v) is 5.57. The Morgan fingerprint density at radius 2 is 1.81 bits per heavy atom. The third-order valence-corrected chi connectivity index (χ3v) is 4.12. The maximum absolute atomic E-state index is 13.2. The summed E-state index contributed by atoms with van der Waals surface area (Å²) in [5, 5.41) is 2.59. The van der Waals surface area contributed by atoms with E-state index in [4.69, 9.17) is 17.3 Å². The summed E-state index contributed by atoms with van der Waals surface area (Å²) >= 11 is 6.16. The molecule has 0 fully saturated rings. The summed E-state index contributed by atoms with van der Waals surface area (Å²) in [5.41, 5.74) is 9.29. The van der Waals surface area contributed by atoms with Gasteiger partial charge in [-0.05, 0) is 46.5 Å². The van der Waals surface area contributed by atoms with Crippen molar-refractivity contribution < 1.29 is 4.39 Å². The normalized spacial score (nSPS) is 12.6. The Labute approximate surface area is 128 Å². The van der Waals surface area contributed by atoms with Gasteiger partial charge < -0.3 is 5.73 Å². The van der Waals surface area contributed by atoms with E-state index in [2.05, 4.69) is 24.3 Å². The van der Waals surface area contributed by atoms with Gasteiger partial charge in [-0.1, -0.05) is 54.1 Å². The van der Waals surface area contributed by atoms with Gasteiger partial charge in [0.25, 0.3) is 0 Å². The van der Waals surface area contributed by atoms with Crippen LogP contribution in [0.2, 0.25) is 5.02 Å². The molecule has 0 bridgehead atoms.